The Morgan fingerprint density at radius 2 is 2.18 bits per heavy atom. The number of rotatable bonds is 4. The fraction of sp³-hybridized carbons (Fsp3) is 0.125. The fourth-order valence-corrected chi connectivity index (χ4v) is 2.84. The van der Waals surface area contributed by atoms with E-state index in [0.717, 1.165) is 10.2 Å². The Morgan fingerprint density at radius 1 is 1.32 bits per heavy atom. The van der Waals surface area contributed by atoms with E-state index < -0.39 is 5.82 Å². The Morgan fingerprint density at radius 3 is 3.00 bits per heavy atom. The molecule has 1 amide bonds. The van der Waals surface area contributed by atoms with Crippen LogP contribution in [0, 0.1) is 5.82 Å². The van der Waals surface area contributed by atoms with Crippen LogP contribution in [0.3, 0.4) is 0 Å². The van der Waals surface area contributed by atoms with Crippen molar-refractivity contribution in [2.24, 2.45) is 0 Å². The Balaban J connectivity index is 1.72. The van der Waals surface area contributed by atoms with Crippen molar-refractivity contribution in [3.63, 3.8) is 0 Å². The van der Waals surface area contributed by atoms with Gasteiger partial charge in [-0.05, 0) is 35.9 Å². The van der Waals surface area contributed by atoms with E-state index in [1.807, 2.05) is 6.07 Å². The van der Waals surface area contributed by atoms with Gasteiger partial charge in [0.25, 0.3) is 5.91 Å². The van der Waals surface area contributed by atoms with Gasteiger partial charge in [-0.3, -0.25) is 4.79 Å². The molecule has 0 atom stereocenters. The molecule has 2 aromatic carbocycles. The Labute approximate surface area is 130 Å². The molecule has 1 N–H and O–H groups in total. The third-order valence-electron chi connectivity index (χ3n) is 3.21. The molecule has 0 aliphatic carbocycles. The van der Waals surface area contributed by atoms with Crippen LogP contribution < -0.4 is 10.1 Å². The minimum absolute atomic E-state index is 0.210. The van der Waals surface area contributed by atoms with Gasteiger partial charge in [0.05, 0.1) is 22.8 Å². The zero-order valence-electron chi connectivity index (χ0n) is 11.8. The van der Waals surface area contributed by atoms with Crippen LogP contribution in [0.5, 0.6) is 5.75 Å². The van der Waals surface area contributed by atoms with E-state index >= 15 is 0 Å². The molecule has 3 rings (SSSR count). The standard InChI is InChI=1S/C16H13FN2O2S/c1-21-13-5-10(4-12(17)7-13)8-18-16(20)11-2-3-14-15(6-11)22-9-19-14/h2-7,9H,8H2,1H3,(H,18,20). The number of nitrogens with one attached hydrogen (secondary N) is 1. The minimum Gasteiger partial charge on any atom is -0.497 e. The summed E-state index contributed by atoms with van der Waals surface area (Å²) < 4.78 is 19.4. The number of benzene rings is 2. The number of hydrogen-bond acceptors (Lipinski definition) is 4. The quantitative estimate of drug-likeness (QED) is 0.803. The first-order chi connectivity index (χ1) is 10.7. The van der Waals surface area contributed by atoms with Crippen LogP contribution in [0.15, 0.2) is 41.9 Å². The number of nitrogens with zero attached hydrogens (tertiary/aromatic N) is 1. The summed E-state index contributed by atoms with van der Waals surface area (Å²) in [5.74, 6) is -0.177. The highest BCUT2D eigenvalue weighted by molar-refractivity contribution is 7.16. The van der Waals surface area contributed by atoms with Gasteiger partial charge >= 0.3 is 0 Å². The fourth-order valence-electron chi connectivity index (χ4n) is 2.12. The van der Waals surface area contributed by atoms with Gasteiger partial charge in [-0.2, -0.15) is 0 Å². The summed E-state index contributed by atoms with van der Waals surface area (Å²) >= 11 is 1.48. The molecule has 0 saturated heterocycles. The van der Waals surface area contributed by atoms with E-state index in [9.17, 15) is 9.18 Å². The van der Waals surface area contributed by atoms with Crippen molar-refractivity contribution in [3.8, 4) is 5.75 Å². The normalized spacial score (nSPS) is 10.6. The van der Waals surface area contributed by atoms with Crippen LogP contribution in [0.1, 0.15) is 15.9 Å². The van der Waals surface area contributed by atoms with Crippen LogP contribution in [-0.2, 0) is 6.54 Å². The minimum atomic E-state index is -0.394. The highest BCUT2D eigenvalue weighted by Gasteiger charge is 2.08. The SMILES string of the molecule is COc1cc(F)cc(CNC(=O)c2ccc3ncsc3c2)c1. The van der Waals surface area contributed by atoms with E-state index in [1.54, 1.807) is 23.7 Å². The second-order valence-electron chi connectivity index (χ2n) is 4.72. The molecule has 0 spiro atoms. The van der Waals surface area contributed by atoms with Gasteiger partial charge in [-0.25, -0.2) is 9.37 Å². The van der Waals surface area contributed by atoms with Crippen molar-refractivity contribution < 1.29 is 13.9 Å². The molecule has 6 heteroatoms. The number of fused-ring (bicyclic) bond motifs is 1. The molecule has 0 saturated carbocycles. The van der Waals surface area contributed by atoms with Crippen LogP contribution in [-0.4, -0.2) is 18.0 Å². The first-order valence-electron chi connectivity index (χ1n) is 6.60. The molecule has 112 valence electrons. The third kappa shape index (κ3) is 3.07. The monoisotopic (exact) mass is 316 g/mol. The largest absolute Gasteiger partial charge is 0.497 e. The first kappa shape index (κ1) is 14.5. The molecule has 0 radical (unpaired) electrons. The van der Waals surface area contributed by atoms with Gasteiger partial charge < -0.3 is 10.1 Å². The van der Waals surface area contributed by atoms with Crippen LogP contribution in [0.2, 0.25) is 0 Å². The van der Waals surface area contributed by atoms with Gasteiger partial charge in [0, 0.05) is 18.2 Å². The number of amides is 1. The number of carbonyl (C=O) groups is 1. The molecule has 0 aliphatic heterocycles. The van der Waals surface area contributed by atoms with Crippen molar-refractivity contribution in [3.05, 3.63) is 58.9 Å². The number of methoxy groups -OCH3 is 1. The number of ether oxygens (including phenoxy) is 1. The maximum atomic E-state index is 13.4. The lowest BCUT2D eigenvalue weighted by atomic mass is 10.1. The highest BCUT2D eigenvalue weighted by Crippen LogP contribution is 2.19. The maximum Gasteiger partial charge on any atom is 0.251 e. The molecular weight excluding hydrogens is 303 g/mol. The van der Waals surface area contributed by atoms with Crippen molar-refractivity contribution in [2.75, 3.05) is 7.11 Å². The molecule has 22 heavy (non-hydrogen) atoms. The van der Waals surface area contributed by atoms with Gasteiger partial charge in [-0.1, -0.05) is 0 Å². The number of thiazole rings is 1. The molecule has 4 nitrogen and oxygen atoms in total. The highest BCUT2D eigenvalue weighted by atomic mass is 32.1. The van der Waals surface area contributed by atoms with E-state index in [1.165, 1.54) is 30.6 Å². The molecule has 0 bridgehead atoms. The molecule has 3 aromatic rings. The predicted molar refractivity (Wildman–Crippen MR) is 83.7 cm³/mol. The lowest BCUT2D eigenvalue weighted by molar-refractivity contribution is 0.0951. The van der Waals surface area contributed by atoms with Crippen LogP contribution in [0.25, 0.3) is 10.2 Å². The van der Waals surface area contributed by atoms with Gasteiger partial charge in [0.1, 0.15) is 11.6 Å². The van der Waals surface area contributed by atoms with Crippen LogP contribution >= 0.6 is 11.3 Å². The summed E-state index contributed by atoms with van der Waals surface area (Å²) in [6, 6.07) is 9.69. The van der Waals surface area contributed by atoms with Gasteiger partial charge in [0.15, 0.2) is 0 Å². The maximum absolute atomic E-state index is 13.4. The van der Waals surface area contributed by atoms with Gasteiger partial charge in [-0.15, -0.1) is 11.3 Å². The van der Waals surface area contributed by atoms with Gasteiger partial charge in [0.2, 0.25) is 0 Å². The molecule has 0 fully saturated rings. The Hall–Kier alpha value is -2.47. The number of carbonyl (C=O) groups excluding carboxylic acids is 1. The van der Waals surface area contributed by atoms with E-state index in [-0.39, 0.29) is 12.5 Å². The lowest BCUT2D eigenvalue weighted by Crippen LogP contribution is -2.22. The molecule has 1 heterocycles. The van der Waals surface area contributed by atoms with Crippen molar-refractivity contribution in [2.45, 2.75) is 6.54 Å². The Bertz CT molecular complexity index is 832. The smallest absolute Gasteiger partial charge is 0.251 e. The lowest BCUT2D eigenvalue weighted by Gasteiger charge is -2.07. The summed E-state index contributed by atoms with van der Waals surface area (Å²) in [6.07, 6.45) is 0. The molecule has 0 unspecified atom stereocenters. The first-order valence-corrected chi connectivity index (χ1v) is 7.48. The van der Waals surface area contributed by atoms with E-state index in [2.05, 4.69) is 10.3 Å². The third-order valence-corrected chi connectivity index (χ3v) is 4.01. The van der Waals surface area contributed by atoms with Crippen LogP contribution in [0.4, 0.5) is 4.39 Å². The second-order valence-corrected chi connectivity index (χ2v) is 5.60. The zero-order valence-corrected chi connectivity index (χ0v) is 12.6. The summed E-state index contributed by atoms with van der Waals surface area (Å²) in [7, 11) is 1.47. The number of aromatic nitrogens is 1. The topological polar surface area (TPSA) is 51.2 Å². The number of hydrogen-bond donors (Lipinski definition) is 1. The number of halogens is 1. The molecular formula is C16H13FN2O2S. The van der Waals surface area contributed by atoms with E-state index in [0.29, 0.717) is 16.9 Å². The molecule has 1 aromatic heterocycles. The predicted octanol–water partition coefficient (Wildman–Crippen LogP) is 3.37. The van der Waals surface area contributed by atoms with Crippen molar-refractivity contribution in [1.29, 1.82) is 0 Å². The van der Waals surface area contributed by atoms with Crippen molar-refractivity contribution in [1.82, 2.24) is 10.3 Å². The van der Waals surface area contributed by atoms with Crippen molar-refractivity contribution >= 4 is 27.5 Å². The summed E-state index contributed by atoms with van der Waals surface area (Å²) in [4.78, 5) is 16.3. The average Bonchev–Trinajstić information content (AvgIpc) is 2.99. The average molecular weight is 316 g/mol. The van der Waals surface area contributed by atoms with E-state index in [4.69, 9.17) is 4.74 Å². The Kier molecular flexibility index (Phi) is 4.02. The second kappa shape index (κ2) is 6.11. The summed E-state index contributed by atoms with van der Waals surface area (Å²) in [5, 5.41) is 2.77. The zero-order chi connectivity index (χ0) is 15.5. The summed E-state index contributed by atoms with van der Waals surface area (Å²) in [6.45, 7) is 0.230. The summed E-state index contributed by atoms with van der Waals surface area (Å²) in [5.41, 5.74) is 3.81. The molecule has 0 aliphatic rings.